The van der Waals surface area contributed by atoms with Crippen molar-refractivity contribution in [1.82, 2.24) is 4.90 Å². The highest BCUT2D eigenvalue weighted by Crippen LogP contribution is 2.29. The van der Waals surface area contributed by atoms with Gasteiger partial charge in [0.15, 0.2) is 21.3 Å². The maximum atomic E-state index is 12.7. The number of amides is 1. The zero-order chi connectivity index (χ0) is 17.0. The lowest BCUT2D eigenvalue weighted by molar-refractivity contribution is 0.0708. The Balaban J connectivity index is 2.24. The van der Waals surface area contributed by atoms with E-state index in [1.165, 1.54) is 7.11 Å². The van der Waals surface area contributed by atoms with Crippen molar-refractivity contribution < 1.29 is 22.7 Å². The van der Waals surface area contributed by atoms with Crippen LogP contribution < -0.4 is 9.47 Å². The maximum Gasteiger partial charge on any atom is 0.254 e. The topological polar surface area (TPSA) is 72.9 Å². The standard InChI is InChI=1S/C16H23NO5S/c1-4-17(13-8-9-23(19,20)11-13)16(18)12-6-7-14(22-5-2)15(10-12)21-3/h6-7,10,13H,4-5,8-9,11H2,1-3H3/t13-/m0/s1. The van der Waals surface area contributed by atoms with Gasteiger partial charge in [-0.25, -0.2) is 8.42 Å². The summed E-state index contributed by atoms with van der Waals surface area (Å²) in [7, 11) is -1.51. The number of carbonyl (C=O) groups is 1. The predicted octanol–water partition coefficient (Wildman–Crippen LogP) is 1.74. The van der Waals surface area contributed by atoms with Crippen LogP contribution >= 0.6 is 0 Å². The summed E-state index contributed by atoms with van der Waals surface area (Å²) in [6.45, 7) is 4.70. The number of rotatable bonds is 6. The molecule has 0 spiro atoms. The fraction of sp³-hybridized carbons (Fsp3) is 0.562. The Morgan fingerprint density at radius 3 is 2.57 bits per heavy atom. The molecule has 1 aromatic rings. The molecule has 1 aliphatic heterocycles. The first kappa shape index (κ1) is 17.6. The third-order valence-electron chi connectivity index (χ3n) is 3.96. The molecular weight excluding hydrogens is 318 g/mol. The number of ether oxygens (including phenoxy) is 2. The van der Waals surface area contributed by atoms with E-state index in [1.54, 1.807) is 23.1 Å². The highest BCUT2D eigenvalue weighted by atomic mass is 32.2. The first-order valence-electron chi connectivity index (χ1n) is 7.74. The van der Waals surface area contributed by atoms with E-state index in [-0.39, 0.29) is 23.5 Å². The fourth-order valence-electron chi connectivity index (χ4n) is 2.83. The quantitative estimate of drug-likeness (QED) is 0.788. The molecule has 128 valence electrons. The zero-order valence-electron chi connectivity index (χ0n) is 13.7. The minimum Gasteiger partial charge on any atom is -0.493 e. The highest BCUT2D eigenvalue weighted by Gasteiger charge is 2.34. The van der Waals surface area contributed by atoms with E-state index < -0.39 is 9.84 Å². The van der Waals surface area contributed by atoms with Crippen molar-refractivity contribution in [2.24, 2.45) is 0 Å². The van der Waals surface area contributed by atoms with Crippen LogP contribution in [0.2, 0.25) is 0 Å². The van der Waals surface area contributed by atoms with Gasteiger partial charge in [0.05, 0.1) is 25.2 Å². The zero-order valence-corrected chi connectivity index (χ0v) is 14.6. The molecule has 0 saturated carbocycles. The van der Waals surface area contributed by atoms with Crippen LogP contribution in [0.4, 0.5) is 0 Å². The van der Waals surface area contributed by atoms with Gasteiger partial charge < -0.3 is 14.4 Å². The molecule has 0 bridgehead atoms. The molecule has 1 aromatic carbocycles. The van der Waals surface area contributed by atoms with E-state index in [9.17, 15) is 13.2 Å². The molecule has 7 heteroatoms. The van der Waals surface area contributed by atoms with Crippen LogP contribution in [-0.2, 0) is 9.84 Å². The smallest absolute Gasteiger partial charge is 0.254 e. The number of methoxy groups -OCH3 is 1. The molecule has 0 aromatic heterocycles. The van der Waals surface area contributed by atoms with Crippen molar-refractivity contribution in [1.29, 1.82) is 0 Å². The van der Waals surface area contributed by atoms with Gasteiger partial charge in [-0.15, -0.1) is 0 Å². The minimum absolute atomic E-state index is 0.0424. The first-order valence-corrected chi connectivity index (χ1v) is 9.56. The van der Waals surface area contributed by atoms with E-state index in [2.05, 4.69) is 0 Å². The minimum atomic E-state index is -3.03. The molecular formula is C16H23NO5S. The van der Waals surface area contributed by atoms with Crippen LogP contribution in [0.15, 0.2) is 18.2 Å². The molecule has 1 saturated heterocycles. The van der Waals surface area contributed by atoms with Gasteiger partial charge in [-0.2, -0.15) is 0 Å². The Labute approximate surface area is 137 Å². The van der Waals surface area contributed by atoms with E-state index >= 15 is 0 Å². The normalized spacial score (nSPS) is 19.3. The molecule has 2 rings (SSSR count). The molecule has 23 heavy (non-hydrogen) atoms. The Morgan fingerprint density at radius 1 is 1.30 bits per heavy atom. The number of carbonyl (C=O) groups excluding carboxylic acids is 1. The van der Waals surface area contributed by atoms with Gasteiger partial charge in [0.25, 0.3) is 5.91 Å². The molecule has 0 unspecified atom stereocenters. The van der Waals surface area contributed by atoms with Crippen molar-refractivity contribution in [3.05, 3.63) is 23.8 Å². The van der Waals surface area contributed by atoms with Crippen LogP contribution in [-0.4, -0.2) is 57.0 Å². The van der Waals surface area contributed by atoms with Crippen LogP contribution in [0.25, 0.3) is 0 Å². The van der Waals surface area contributed by atoms with Gasteiger partial charge in [0.2, 0.25) is 0 Å². The molecule has 0 radical (unpaired) electrons. The van der Waals surface area contributed by atoms with Gasteiger partial charge in [-0.1, -0.05) is 0 Å². The lowest BCUT2D eigenvalue weighted by Gasteiger charge is -2.27. The van der Waals surface area contributed by atoms with Crippen molar-refractivity contribution in [3.63, 3.8) is 0 Å². The summed E-state index contributed by atoms with van der Waals surface area (Å²) in [6, 6.07) is 4.77. The van der Waals surface area contributed by atoms with E-state index in [0.29, 0.717) is 36.6 Å². The van der Waals surface area contributed by atoms with Gasteiger partial charge in [-0.05, 0) is 38.5 Å². The molecule has 1 atom stereocenters. The largest absolute Gasteiger partial charge is 0.493 e. The Bertz CT molecular complexity index is 671. The molecule has 0 N–H and O–H groups in total. The van der Waals surface area contributed by atoms with E-state index in [0.717, 1.165) is 0 Å². The fourth-order valence-corrected chi connectivity index (χ4v) is 4.56. The third-order valence-corrected chi connectivity index (χ3v) is 5.71. The second-order valence-electron chi connectivity index (χ2n) is 5.45. The lowest BCUT2D eigenvalue weighted by Crippen LogP contribution is -2.40. The summed E-state index contributed by atoms with van der Waals surface area (Å²) in [4.78, 5) is 14.4. The van der Waals surface area contributed by atoms with Crippen molar-refractivity contribution in [3.8, 4) is 11.5 Å². The average molecular weight is 341 g/mol. The van der Waals surface area contributed by atoms with Crippen molar-refractivity contribution >= 4 is 15.7 Å². The average Bonchev–Trinajstić information content (AvgIpc) is 2.88. The second kappa shape index (κ2) is 7.21. The lowest BCUT2D eigenvalue weighted by atomic mass is 10.1. The monoisotopic (exact) mass is 341 g/mol. The Kier molecular flexibility index (Phi) is 5.51. The molecule has 1 heterocycles. The van der Waals surface area contributed by atoms with Crippen LogP contribution in [0, 0.1) is 0 Å². The molecule has 1 fully saturated rings. The highest BCUT2D eigenvalue weighted by molar-refractivity contribution is 7.91. The van der Waals surface area contributed by atoms with Crippen molar-refractivity contribution in [2.75, 3.05) is 31.8 Å². The second-order valence-corrected chi connectivity index (χ2v) is 7.68. The number of sulfone groups is 1. The van der Waals surface area contributed by atoms with E-state index in [1.807, 2.05) is 13.8 Å². The van der Waals surface area contributed by atoms with Gasteiger partial charge in [0.1, 0.15) is 0 Å². The number of hydrogen-bond acceptors (Lipinski definition) is 5. The Morgan fingerprint density at radius 2 is 2.04 bits per heavy atom. The summed E-state index contributed by atoms with van der Waals surface area (Å²) in [5.74, 6) is 1.08. The Hall–Kier alpha value is -1.76. The van der Waals surface area contributed by atoms with E-state index in [4.69, 9.17) is 9.47 Å². The SMILES string of the molecule is CCOc1ccc(C(=O)N(CC)[C@H]2CCS(=O)(=O)C2)cc1OC. The molecule has 1 aliphatic rings. The predicted molar refractivity (Wildman–Crippen MR) is 87.9 cm³/mol. The van der Waals surface area contributed by atoms with Gasteiger partial charge in [0, 0.05) is 18.2 Å². The van der Waals surface area contributed by atoms with Crippen LogP contribution in [0.5, 0.6) is 11.5 Å². The summed E-state index contributed by atoms with van der Waals surface area (Å²) >= 11 is 0. The first-order chi connectivity index (χ1) is 10.9. The third kappa shape index (κ3) is 3.96. The summed E-state index contributed by atoms with van der Waals surface area (Å²) in [5, 5.41) is 0. The summed E-state index contributed by atoms with van der Waals surface area (Å²) in [5.41, 5.74) is 0.469. The van der Waals surface area contributed by atoms with Gasteiger partial charge in [-0.3, -0.25) is 4.79 Å². The van der Waals surface area contributed by atoms with Crippen LogP contribution in [0.3, 0.4) is 0 Å². The number of benzene rings is 1. The summed E-state index contributed by atoms with van der Waals surface area (Å²) in [6.07, 6.45) is 0.496. The van der Waals surface area contributed by atoms with Gasteiger partial charge >= 0.3 is 0 Å². The number of nitrogens with zero attached hydrogens (tertiary/aromatic N) is 1. The van der Waals surface area contributed by atoms with Crippen molar-refractivity contribution in [2.45, 2.75) is 26.3 Å². The maximum absolute atomic E-state index is 12.7. The number of hydrogen-bond donors (Lipinski definition) is 0. The molecule has 0 aliphatic carbocycles. The molecule has 1 amide bonds. The summed E-state index contributed by atoms with van der Waals surface area (Å²) < 4.78 is 34.0. The van der Waals surface area contributed by atoms with Crippen LogP contribution in [0.1, 0.15) is 30.6 Å². The molecule has 6 nitrogen and oxygen atoms in total.